The Morgan fingerprint density at radius 3 is 2.07 bits per heavy atom. The van der Waals surface area contributed by atoms with Crippen molar-refractivity contribution in [3.05, 3.63) is 0 Å². The van der Waals surface area contributed by atoms with Gasteiger partial charge in [0.15, 0.2) is 0 Å². The van der Waals surface area contributed by atoms with Gasteiger partial charge in [-0.05, 0) is 32.2 Å². The van der Waals surface area contributed by atoms with Gasteiger partial charge in [0.1, 0.15) is 12.6 Å². The molecule has 0 aliphatic heterocycles. The number of hydrogen-bond donors (Lipinski definition) is 7. The van der Waals surface area contributed by atoms with E-state index in [1.54, 1.807) is 0 Å². The third-order valence-electron chi connectivity index (χ3n) is 3.45. The monoisotopic (exact) mass is 389 g/mol. The SMILES string of the molecule is NCCCCC(NC(=O)C(N)CCC(=O)O)C(=O)NCC(=O)NCC(=O)O. The zero-order chi connectivity index (χ0) is 20.8. The molecule has 0 aliphatic rings. The Labute approximate surface area is 156 Å². The van der Waals surface area contributed by atoms with Crippen molar-refractivity contribution in [2.24, 2.45) is 11.5 Å². The molecule has 27 heavy (non-hydrogen) atoms. The third kappa shape index (κ3) is 12.3. The Hall–Kier alpha value is -2.73. The second-order valence-electron chi connectivity index (χ2n) is 5.77. The van der Waals surface area contributed by atoms with Crippen molar-refractivity contribution in [1.29, 1.82) is 0 Å². The van der Waals surface area contributed by atoms with Crippen molar-refractivity contribution < 1.29 is 34.2 Å². The number of unbranched alkanes of at least 4 members (excludes halogenated alkanes) is 1. The van der Waals surface area contributed by atoms with Crippen molar-refractivity contribution in [2.45, 2.75) is 44.2 Å². The highest BCUT2D eigenvalue weighted by Crippen LogP contribution is 2.03. The van der Waals surface area contributed by atoms with E-state index in [2.05, 4.69) is 16.0 Å². The Morgan fingerprint density at radius 2 is 1.52 bits per heavy atom. The molecule has 0 bridgehead atoms. The molecule has 154 valence electrons. The molecule has 0 aromatic heterocycles. The van der Waals surface area contributed by atoms with Gasteiger partial charge < -0.3 is 37.6 Å². The lowest BCUT2D eigenvalue weighted by atomic mass is 10.1. The molecular formula is C15H27N5O7. The van der Waals surface area contributed by atoms with E-state index in [1.165, 1.54) is 0 Å². The molecule has 0 rings (SSSR count). The van der Waals surface area contributed by atoms with Gasteiger partial charge in [-0.15, -0.1) is 0 Å². The Kier molecular flexibility index (Phi) is 12.1. The fourth-order valence-corrected chi connectivity index (χ4v) is 1.98. The average Bonchev–Trinajstić information content (AvgIpc) is 2.61. The van der Waals surface area contributed by atoms with E-state index in [4.69, 9.17) is 21.7 Å². The number of amides is 3. The lowest BCUT2D eigenvalue weighted by Crippen LogP contribution is -2.53. The summed E-state index contributed by atoms with van der Waals surface area (Å²) in [4.78, 5) is 56.6. The standard InChI is InChI=1S/C15H27N5O7/c16-6-2-1-3-10(20-14(26)9(17)4-5-12(22)23)15(27)19-7-11(21)18-8-13(24)25/h9-10H,1-8,16-17H2,(H,18,21)(H,19,27)(H,20,26)(H,22,23)(H,24,25). The molecule has 9 N–H and O–H groups in total. The van der Waals surface area contributed by atoms with Crippen LogP contribution in [0.2, 0.25) is 0 Å². The summed E-state index contributed by atoms with van der Waals surface area (Å²) in [5.74, 6) is -4.34. The van der Waals surface area contributed by atoms with Gasteiger partial charge in [-0.1, -0.05) is 0 Å². The average molecular weight is 389 g/mol. The molecule has 3 amide bonds. The fourth-order valence-electron chi connectivity index (χ4n) is 1.98. The minimum atomic E-state index is -1.23. The first-order valence-corrected chi connectivity index (χ1v) is 8.41. The number of carbonyl (C=O) groups is 5. The van der Waals surface area contributed by atoms with Gasteiger partial charge >= 0.3 is 11.9 Å². The van der Waals surface area contributed by atoms with E-state index in [0.29, 0.717) is 19.4 Å². The van der Waals surface area contributed by atoms with Crippen LogP contribution in [-0.4, -0.2) is 71.6 Å². The van der Waals surface area contributed by atoms with E-state index in [9.17, 15) is 24.0 Å². The summed E-state index contributed by atoms with van der Waals surface area (Å²) < 4.78 is 0. The van der Waals surface area contributed by atoms with E-state index in [0.717, 1.165) is 0 Å². The van der Waals surface area contributed by atoms with Gasteiger partial charge in [-0.2, -0.15) is 0 Å². The van der Waals surface area contributed by atoms with Crippen molar-refractivity contribution in [2.75, 3.05) is 19.6 Å². The number of nitrogens with two attached hydrogens (primary N) is 2. The second-order valence-corrected chi connectivity index (χ2v) is 5.77. The second kappa shape index (κ2) is 13.5. The van der Waals surface area contributed by atoms with Crippen LogP contribution in [0.3, 0.4) is 0 Å². The van der Waals surface area contributed by atoms with Gasteiger partial charge in [0.25, 0.3) is 0 Å². The van der Waals surface area contributed by atoms with Crippen LogP contribution in [0.4, 0.5) is 0 Å². The van der Waals surface area contributed by atoms with Gasteiger partial charge in [0.05, 0.1) is 12.6 Å². The lowest BCUT2D eigenvalue weighted by molar-refractivity contribution is -0.138. The minimum absolute atomic E-state index is 0.0874. The van der Waals surface area contributed by atoms with Crippen molar-refractivity contribution in [3.8, 4) is 0 Å². The van der Waals surface area contributed by atoms with Gasteiger partial charge in [0, 0.05) is 6.42 Å². The predicted molar refractivity (Wildman–Crippen MR) is 93.3 cm³/mol. The third-order valence-corrected chi connectivity index (χ3v) is 3.45. The van der Waals surface area contributed by atoms with Crippen LogP contribution >= 0.6 is 0 Å². The van der Waals surface area contributed by atoms with E-state index >= 15 is 0 Å². The van der Waals surface area contributed by atoms with Crippen LogP contribution in [0.25, 0.3) is 0 Å². The molecule has 0 fully saturated rings. The number of rotatable bonds is 14. The van der Waals surface area contributed by atoms with Crippen molar-refractivity contribution in [1.82, 2.24) is 16.0 Å². The predicted octanol–water partition coefficient (Wildman–Crippen LogP) is -2.89. The first kappa shape index (κ1) is 24.3. The highest BCUT2D eigenvalue weighted by atomic mass is 16.4. The molecule has 0 spiro atoms. The summed E-state index contributed by atoms with van der Waals surface area (Å²) in [6.07, 6.45) is 1.02. The molecule has 2 unspecified atom stereocenters. The van der Waals surface area contributed by atoms with E-state index in [1.807, 2.05) is 0 Å². The maximum absolute atomic E-state index is 12.2. The summed E-state index contributed by atoms with van der Waals surface area (Å²) in [7, 11) is 0. The van der Waals surface area contributed by atoms with E-state index < -0.39 is 54.8 Å². The van der Waals surface area contributed by atoms with Gasteiger partial charge in [-0.3, -0.25) is 24.0 Å². The molecule has 0 aromatic rings. The van der Waals surface area contributed by atoms with Crippen LogP contribution in [0.1, 0.15) is 32.1 Å². The summed E-state index contributed by atoms with van der Waals surface area (Å²) in [6.45, 7) is -0.637. The molecule has 2 atom stereocenters. The van der Waals surface area contributed by atoms with Crippen LogP contribution < -0.4 is 27.4 Å². The zero-order valence-corrected chi connectivity index (χ0v) is 14.9. The normalized spacial score (nSPS) is 12.5. The molecule has 0 aliphatic carbocycles. The number of carboxylic acid groups (broad SMARTS) is 2. The van der Waals surface area contributed by atoms with Crippen LogP contribution in [0.5, 0.6) is 0 Å². The number of carbonyl (C=O) groups excluding carboxylic acids is 3. The smallest absolute Gasteiger partial charge is 0.322 e. The largest absolute Gasteiger partial charge is 0.481 e. The molecule has 12 heteroatoms. The topological polar surface area (TPSA) is 214 Å². The van der Waals surface area contributed by atoms with E-state index in [-0.39, 0.29) is 19.3 Å². The van der Waals surface area contributed by atoms with Gasteiger partial charge in [0.2, 0.25) is 17.7 Å². The van der Waals surface area contributed by atoms with Crippen LogP contribution in [0, 0.1) is 0 Å². The minimum Gasteiger partial charge on any atom is -0.481 e. The molecule has 12 nitrogen and oxygen atoms in total. The first-order chi connectivity index (χ1) is 12.7. The van der Waals surface area contributed by atoms with Crippen LogP contribution in [-0.2, 0) is 24.0 Å². The number of aliphatic carboxylic acids is 2. The first-order valence-electron chi connectivity index (χ1n) is 8.41. The summed E-state index contributed by atoms with van der Waals surface area (Å²) >= 11 is 0. The molecule has 0 saturated carbocycles. The molecule has 0 saturated heterocycles. The highest BCUT2D eigenvalue weighted by molar-refractivity contribution is 5.92. The van der Waals surface area contributed by atoms with Crippen molar-refractivity contribution >= 4 is 29.7 Å². The summed E-state index contributed by atoms with van der Waals surface area (Å²) in [6, 6.07) is -2.07. The number of nitrogens with one attached hydrogen (secondary N) is 3. The lowest BCUT2D eigenvalue weighted by Gasteiger charge is -2.20. The molecule has 0 heterocycles. The Balaban J connectivity index is 4.64. The quantitative estimate of drug-likeness (QED) is 0.152. The van der Waals surface area contributed by atoms with Gasteiger partial charge in [-0.25, -0.2) is 0 Å². The molecule has 0 radical (unpaired) electrons. The zero-order valence-electron chi connectivity index (χ0n) is 14.9. The highest BCUT2D eigenvalue weighted by Gasteiger charge is 2.24. The maximum atomic E-state index is 12.2. The Bertz CT molecular complexity index is 541. The fraction of sp³-hybridized carbons (Fsp3) is 0.667. The molecular weight excluding hydrogens is 362 g/mol. The summed E-state index contributed by atoms with van der Waals surface area (Å²) in [5.41, 5.74) is 11.0. The molecule has 0 aromatic carbocycles. The maximum Gasteiger partial charge on any atom is 0.322 e. The van der Waals surface area contributed by atoms with Crippen molar-refractivity contribution in [3.63, 3.8) is 0 Å². The summed E-state index contributed by atoms with van der Waals surface area (Å²) in [5, 5.41) is 23.9. The van der Waals surface area contributed by atoms with Crippen LogP contribution in [0.15, 0.2) is 0 Å². The number of carboxylic acids is 2. The Morgan fingerprint density at radius 1 is 0.852 bits per heavy atom. The number of hydrogen-bond acceptors (Lipinski definition) is 7.